The van der Waals surface area contributed by atoms with E-state index in [0.29, 0.717) is 22.6 Å². The highest BCUT2D eigenvalue weighted by Crippen LogP contribution is 2.23. The Morgan fingerprint density at radius 2 is 1.73 bits per heavy atom. The smallest absolute Gasteiger partial charge is 0.322 e. The molecule has 2 atom stereocenters. The maximum Gasteiger partial charge on any atom is 0.322 e. The van der Waals surface area contributed by atoms with Crippen molar-refractivity contribution in [1.82, 2.24) is 4.90 Å². The van der Waals surface area contributed by atoms with Crippen molar-refractivity contribution in [2.75, 3.05) is 42.8 Å². The average molecular weight is 450 g/mol. The van der Waals surface area contributed by atoms with E-state index in [1.54, 1.807) is 55.6 Å². The monoisotopic (exact) mass is 450 g/mol. The quantitative estimate of drug-likeness (QED) is 0.582. The number of methoxy groups -OCH3 is 1. The van der Waals surface area contributed by atoms with Gasteiger partial charge in [0.15, 0.2) is 0 Å². The molecule has 0 aliphatic carbocycles. The zero-order chi connectivity index (χ0) is 24.0. The number of urea groups is 1. The number of rotatable bonds is 6. The molecule has 0 aromatic heterocycles. The van der Waals surface area contributed by atoms with Crippen molar-refractivity contribution in [3.8, 4) is 12.3 Å². The second kappa shape index (κ2) is 10.6. The first-order chi connectivity index (χ1) is 15.8. The molecule has 9 nitrogen and oxygen atoms in total. The van der Waals surface area contributed by atoms with E-state index in [9.17, 15) is 19.5 Å². The molecular weight excluding hydrogens is 424 g/mol. The number of β-amino-alcohol motifs (C(OH)–C–C–N with tert-alkyl or cyclic N) is 1. The molecule has 0 spiro atoms. The average Bonchev–Trinajstić information content (AvgIpc) is 3.22. The van der Waals surface area contributed by atoms with E-state index in [1.807, 2.05) is 0 Å². The molecule has 1 aliphatic rings. The lowest BCUT2D eigenvalue weighted by molar-refractivity contribution is -0.122. The summed E-state index contributed by atoms with van der Waals surface area (Å²) in [6, 6.07) is 12.1. The molecule has 172 valence electrons. The topological polar surface area (TPSA) is 111 Å². The summed E-state index contributed by atoms with van der Waals surface area (Å²) in [7, 11) is 3.08. The Morgan fingerprint density at radius 1 is 1.12 bits per heavy atom. The highest BCUT2D eigenvalue weighted by molar-refractivity contribution is 6.00. The van der Waals surface area contributed by atoms with Crippen molar-refractivity contribution in [2.24, 2.45) is 0 Å². The Hall–Kier alpha value is -3.87. The Morgan fingerprint density at radius 3 is 2.33 bits per heavy atom. The second-order valence-electron chi connectivity index (χ2n) is 7.63. The molecule has 0 saturated carbocycles. The van der Waals surface area contributed by atoms with Gasteiger partial charge >= 0.3 is 6.03 Å². The third-order valence-corrected chi connectivity index (χ3v) is 5.31. The van der Waals surface area contributed by atoms with Crippen LogP contribution in [0.1, 0.15) is 12.0 Å². The Balaban J connectivity index is 1.64. The molecule has 3 N–H and O–H groups in total. The van der Waals surface area contributed by atoms with Gasteiger partial charge in [0.2, 0.25) is 5.91 Å². The van der Waals surface area contributed by atoms with Crippen LogP contribution < -0.4 is 15.5 Å². The van der Waals surface area contributed by atoms with Gasteiger partial charge in [0.1, 0.15) is 12.6 Å². The van der Waals surface area contributed by atoms with E-state index in [4.69, 9.17) is 11.2 Å². The Bertz CT molecular complexity index is 1050. The van der Waals surface area contributed by atoms with Gasteiger partial charge in [-0.1, -0.05) is 5.92 Å². The van der Waals surface area contributed by atoms with Gasteiger partial charge in [0, 0.05) is 49.7 Å². The van der Waals surface area contributed by atoms with E-state index in [2.05, 4.69) is 16.6 Å². The van der Waals surface area contributed by atoms with E-state index in [-0.39, 0.29) is 25.5 Å². The van der Waals surface area contributed by atoms with Crippen LogP contribution in [-0.2, 0) is 14.3 Å². The number of amides is 4. The van der Waals surface area contributed by atoms with Crippen LogP contribution in [0.25, 0.3) is 0 Å². The fourth-order valence-electron chi connectivity index (χ4n) is 3.49. The number of hydrogen-bond donors (Lipinski definition) is 3. The van der Waals surface area contributed by atoms with Crippen LogP contribution in [0, 0.1) is 12.3 Å². The number of hydrogen-bond acceptors (Lipinski definition) is 5. The highest BCUT2D eigenvalue weighted by atomic mass is 16.5. The lowest BCUT2D eigenvalue weighted by Gasteiger charge is -2.24. The summed E-state index contributed by atoms with van der Waals surface area (Å²) in [6.07, 6.45) is 4.66. The molecule has 0 bridgehead atoms. The number of nitrogens with one attached hydrogen (secondary N) is 2. The lowest BCUT2D eigenvalue weighted by Crippen LogP contribution is -2.45. The summed E-state index contributed by atoms with van der Waals surface area (Å²) < 4.78 is 4.85. The number of aliphatic hydroxyl groups excluding tert-OH is 1. The van der Waals surface area contributed by atoms with Crippen LogP contribution in [0.2, 0.25) is 0 Å². The number of likely N-dealkylation sites (N-methyl/N-ethyl adjacent to an activating group) is 1. The predicted molar refractivity (Wildman–Crippen MR) is 125 cm³/mol. The van der Waals surface area contributed by atoms with Crippen LogP contribution in [0.3, 0.4) is 0 Å². The van der Waals surface area contributed by atoms with Crippen molar-refractivity contribution in [1.29, 1.82) is 0 Å². The van der Waals surface area contributed by atoms with Crippen molar-refractivity contribution < 1.29 is 24.2 Å². The third kappa shape index (κ3) is 5.88. The zero-order valence-electron chi connectivity index (χ0n) is 18.4. The largest absolute Gasteiger partial charge is 0.391 e. The van der Waals surface area contributed by atoms with Gasteiger partial charge in [-0.15, -0.1) is 6.42 Å². The second-order valence-corrected chi connectivity index (χ2v) is 7.63. The van der Waals surface area contributed by atoms with Gasteiger partial charge in [0.05, 0.1) is 6.10 Å². The Labute approximate surface area is 192 Å². The van der Waals surface area contributed by atoms with Gasteiger partial charge in [-0.3, -0.25) is 9.59 Å². The standard InChI is InChI=1S/C24H26N4O5/c1-4-16-5-7-18(8-6-16)26-24(32)28-14-20(29)13-21(28)23(31)25-17-9-11-19(12-10-17)27(2)22(30)15-33-3/h1,5-12,20-21,29H,13-15H2,2-3H3,(H,25,31)(H,26,32)/t20-,21-/m1/s1. The molecule has 1 aliphatic heterocycles. The molecule has 1 saturated heterocycles. The summed E-state index contributed by atoms with van der Waals surface area (Å²) in [6.45, 7) is 0.00263. The van der Waals surface area contributed by atoms with Gasteiger partial charge in [0.25, 0.3) is 5.91 Å². The summed E-state index contributed by atoms with van der Waals surface area (Å²) in [4.78, 5) is 40.3. The van der Waals surface area contributed by atoms with Crippen molar-refractivity contribution >= 4 is 34.9 Å². The molecule has 9 heteroatoms. The summed E-state index contributed by atoms with van der Waals surface area (Å²) in [5.41, 5.74) is 2.36. The molecule has 3 rings (SSSR count). The van der Waals surface area contributed by atoms with E-state index in [0.717, 1.165) is 0 Å². The van der Waals surface area contributed by atoms with Crippen LogP contribution in [0.5, 0.6) is 0 Å². The van der Waals surface area contributed by atoms with Crippen molar-refractivity contribution in [3.63, 3.8) is 0 Å². The van der Waals surface area contributed by atoms with Gasteiger partial charge in [-0.25, -0.2) is 4.79 Å². The maximum absolute atomic E-state index is 12.9. The number of carbonyl (C=O) groups is 3. The van der Waals surface area contributed by atoms with E-state index >= 15 is 0 Å². The number of aliphatic hydroxyl groups is 1. The molecule has 1 fully saturated rings. The normalized spacial score (nSPS) is 17.2. The van der Waals surface area contributed by atoms with Crippen molar-refractivity contribution in [3.05, 3.63) is 54.1 Å². The molecular formula is C24H26N4O5. The summed E-state index contributed by atoms with van der Waals surface area (Å²) >= 11 is 0. The molecule has 0 unspecified atom stereocenters. The first-order valence-electron chi connectivity index (χ1n) is 10.3. The molecule has 2 aromatic rings. The molecule has 1 heterocycles. The van der Waals surface area contributed by atoms with Crippen molar-refractivity contribution in [2.45, 2.75) is 18.6 Å². The SMILES string of the molecule is C#Cc1ccc(NC(=O)N2C[C@H](O)C[C@@H]2C(=O)Nc2ccc(N(C)C(=O)COC)cc2)cc1. The molecule has 0 radical (unpaired) electrons. The number of terminal acetylenes is 1. The number of carbonyl (C=O) groups excluding carboxylic acids is 3. The molecule has 33 heavy (non-hydrogen) atoms. The number of benzene rings is 2. The lowest BCUT2D eigenvalue weighted by atomic mass is 10.1. The van der Waals surface area contributed by atoms with Gasteiger partial charge in [-0.2, -0.15) is 0 Å². The highest BCUT2D eigenvalue weighted by Gasteiger charge is 2.39. The van der Waals surface area contributed by atoms with Crippen LogP contribution in [0.4, 0.5) is 21.9 Å². The van der Waals surface area contributed by atoms with Gasteiger partial charge in [-0.05, 0) is 48.5 Å². The first-order valence-corrected chi connectivity index (χ1v) is 10.3. The number of ether oxygens (including phenoxy) is 1. The zero-order valence-corrected chi connectivity index (χ0v) is 18.4. The summed E-state index contributed by atoms with van der Waals surface area (Å²) in [5.74, 6) is 1.88. The number of likely N-dealkylation sites (tertiary alicyclic amines) is 1. The third-order valence-electron chi connectivity index (χ3n) is 5.31. The number of nitrogens with zero attached hydrogens (tertiary/aromatic N) is 2. The van der Waals surface area contributed by atoms with Crippen LogP contribution in [-0.4, -0.2) is 67.3 Å². The van der Waals surface area contributed by atoms with E-state index in [1.165, 1.54) is 16.9 Å². The minimum absolute atomic E-state index is 0.0368. The first kappa shape index (κ1) is 23.8. The van der Waals surface area contributed by atoms with Crippen LogP contribution >= 0.6 is 0 Å². The minimum Gasteiger partial charge on any atom is -0.391 e. The molecule has 2 aromatic carbocycles. The number of anilines is 3. The van der Waals surface area contributed by atoms with Gasteiger partial charge < -0.3 is 30.3 Å². The minimum atomic E-state index is -0.837. The predicted octanol–water partition coefficient (Wildman–Crippen LogP) is 1.88. The molecule has 4 amide bonds. The summed E-state index contributed by atoms with van der Waals surface area (Å²) in [5, 5.41) is 15.6. The Kier molecular flexibility index (Phi) is 7.66. The van der Waals surface area contributed by atoms with E-state index < -0.39 is 24.1 Å². The van der Waals surface area contributed by atoms with Crippen LogP contribution in [0.15, 0.2) is 48.5 Å². The fourth-order valence-corrected chi connectivity index (χ4v) is 3.49. The fraction of sp³-hybridized carbons (Fsp3) is 0.292. The maximum atomic E-state index is 12.9.